The van der Waals surface area contributed by atoms with Crippen molar-refractivity contribution >= 4 is 23.5 Å². The number of amides is 1. The van der Waals surface area contributed by atoms with Crippen LogP contribution in [0.3, 0.4) is 0 Å². The van der Waals surface area contributed by atoms with E-state index in [0.717, 1.165) is 5.69 Å². The number of nitrogens with zero attached hydrogens (tertiary/aromatic N) is 2. The highest BCUT2D eigenvalue weighted by Gasteiger charge is 2.23. The van der Waals surface area contributed by atoms with E-state index in [0.29, 0.717) is 16.3 Å². The fraction of sp³-hybridized carbons (Fsp3) is 0.312. The summed E-state index contributed by atoms with van der Waals surface area (Å²) in [7, 11) is 0. The van der Waals surface area contributed by atoms with Crippen molar-refractivity contribution in [3.05, 3.63) is 46.7 Å². The van der Waals surface area contributed by atoms with Crippen molar-refractivity contribution in [3.8, 4) is 5.69 Å². The van der Waals surface area contributed by atoms with E-state index in [1.807, 2.05) is 26.0 Å². The summed E-state index contributed by atoms with van der Waals surface area (Å²) in [5.74, 6) is -1.52. The Bertz CT molecular complexity index is 723. The number of nitrogens with one attached hydrogen (secondary N) is 1. The summed E-state index contributed by atoms with van der Waals surface area (Å²) in [5, 5.41) is 16.3. The lowest BCUT2D eigenvalue weighted by molar-refractivity contribution is -0.138. The fourth-order valence-electron chi connectivity index (χ4n) is 2.21. The van der Waals surface area contributed by atoms with Gasteiger partial charge in [-0.2, -0.15) is 5.10 Å². The third kappa shape index (κ3) is 3.71. The molecule has 1 aromatic carbocycles. The van der Waals surface area contributed by atoms with Gasteiger partial charge in [0.05, 0.1) is 23.1 Å². The number of carbonyl (C=O) groups excluding carboxylic acids is 1. The van der Waals surface area contributed by atoms with Gasteiger partial charge in [-0.25, -0.2) is 4.68 Å². The molecular formula is C16H18ClN3O3. The standard InChI is InChI=1S/C16H18ClN3O3/c1-9(2)14-13(15(21)19-10(3)16(22)23)8-18-20(14)12-6-4-11(17)5-7-12/h4-10H,1-3H3,(H,19,21)(H,22,23). The van der Waals surface area contributed by atoms with Gasteiger partial charge < -0.3 is 10.4 Å². The second kappa shape index (κ2) is 6.83. The highest BCUT2D eigenvalue weighted by Crippen LogP contribution is 2.24. The zero-order valence-corrected chi connectivity index (χ0v) is 13.8. The van der Waals surface area contributed by atoms with Crippen molar-refractivity contribution in [2.24, 2.45) is 0 Å². The normalized spacial score (nSPS) is 12.2. The van der Waals surface area contributed by atoms with Crippen LogP contribution in [0.2, 0.25) is 5.02 Å². The first-order valence-corrected chi connectivity index (χ1v) is 7.56. The molecule has 0 radical (unpaired) electrons. The van der Waals surface area contributed by atoms with E-state index in [4.69, 9.17) is 16.7 Å². The molecule has 2 aromatic rings. The highest BCUT2D eigenvalue weighted by molar-refractivity contribution is 6.30. The topological polar surface area (TPSA) is 84.2 Å². The molecule has 0 aliphatic rings. The highest BCUT2D eigenvalue weighted by atomic mass is 35.5. The molecule has 0 saturated carbocycles. The molecule has 1 atom stereocenters. The lowest BCUT2D eigenvalue weighted by Gasteiger charge is -2.14. The second-order valence-electron chi connectivity index (χ2n) is 5.52. The van der Waals surface area contributed by atoms with E-state index < -0.39 is 17.9 Å². The van der Waals surface area contributed by atoms with Crippen LogP contribution in [0.1, 0.15) is 42.7 Å². The number of carboxylic acid groups (broad SMARTS) is 1. The van der Waals surface area contributed by atoms with Gasteiger partial charge in [-0.05, 0) is 37.1 Å². The molecular weight excluding hydrogens is 318 g/mol. The fourth-order valence-corrected chi connectivity index (χ4v) is 2.34. The Balaban J connectivity index is 2.41. The third-order valence-corrected chi connectivity index (χ3v) is 3.64. The van der Waals surface area contributed by atoms with Crippen LogP contribution in [-0.4, -0.2) is 32.8 Å². The molecule has 0 aliphatic carbocycles. The molecule has 0 spiro atoms. The van der Waals surface area contributed by atoms with Crippen molar-refractivity contribution < 1.29 is 14.7 Å². The Morgan fingerprint density at radius 1 is 1.22 bits per heavy atom. The van der Waals surface area contributed by atoms with Gasteiger partial charge >= 0.3 is 5.97 Å². The summed E-state index contributed by atoms with van der Waals surface area (Å²) < 4.78 is 1.67. The first-order chi connectivity index (χ1) is 10.8. The molecule has 2 N–H and O–H groups in total. The molecule has 1 heterocycles. The van der Waals surface area contributed by atoms with Gasteiger partial charge in [-0.15, -0.1) is 0 Å². The van der Waals surface area contributed by atoms with Crippen LogP contribution in [-0.2, 0) is 4.79 Å². The molecule has 0 bridgehead atoms. The molecule has 0 saturated heterocycles. The van der Waals surface area contributed by atoms with Crippen molar-refractivity contribution in [1.29, 1.82) is 0 Å². The minimum atomic E-state index is -1.09. The predicted octanol–water partition coefficient (Wildman–Crippen LogP) is 2.85. The van der Waals surface area contributed by atoms with E-state index in [-0.39, 0.29) is 5.92 Å². The Kier molecular flexibility index (Phi) is 5.05. The number of hydrogen-bond donors (Lipinski definition) is 2. The summed E-state index contributed by atoms with van der Waals surface area (Å²) in [5.41, 5.74) is 1.86. The summed E-state index contributed by atoms with van der Waals surface area (Å²) in [6.07, 6.45) is 1.45. The van der Waals surface area contributed by atoms with Gasteiger partial charge in [-0.1, -0.05) is 25.4 Å². The number of hydrogen-bond acceptors (Lipinski definition) is 3. The van der Waals surface area contributed by atoms with Gasteiger partial charge in [0, 0.05) is 5.02 Å². The Morgan fingerprint density at radius 3 is 2.35 bits per heavy atom. The molecule has 6 nitrogen and oxygen atoms in total. The number of aliphatic carboxylic acids is 1. The quantitative estimate of drug-likeness (QED) is 0.880. The van der Waals surface area contributed by atoms with Crippen LogP contribution in [0.15, 0.2) is 30.5 Å². The number of aromatic nitrogens is 2. The van der Waals surface area contributed by atoms with Gasteiger partial charge in [-0.3, -0.25) is 9.59 Å². The van der Waals surface area contributed by atoms with E-state index >= 15 is 0 Å². The van der Waals surface area contributed by atoms with Gasteiger partial charge in [0.15, 0.2) is 0 Å². The predicted molar refractivity (Wildman–Crippen MR) is 87.2 cm³/mol. The maximum Gasteiger partial charge on any atom is 0.325 e. The van der Waals surface area contributed by atoms with Crippen LogP contribution in [0.4, 0.5) is 0 Å². The van der Waals surface area contributed by atoms with Gasteiger partial charge in [0.25, 0.3) is 5.91 Å². The molecule has 122 valence electrons. The van der Waals surface area contributed by atoms with Crippen LogP contribution in [0.25, 0.3) is 5.69 Å². The molecule has 1 aromatic heterocycles. The zero-order chi connectivity index (χ0) is 17.1. The van der Waals surface area contributed by atoms with Crippen molar-refractivity contribution in [1.82, 2.24) is 15.1 Å². The molecule has 7 heteroatoms. The van der Waals surface area contributed by atoms with Crippen molar-refractivity contribution in [2.75, 3.05) is 0 Å². The number of benzene rings is 1. The zero-order valence-electron chi connectivity index (χ0n) is 13.1. The molecule has 0 fully saturated rings. The van der Waals surface area contributed by atoms with Gasteiger partial charge in [0.2, 0.25) is 0 Å². The van der Waals surface area contributed by atoms with Crippen molar-refractivity contribution in [2.45, 2.75) is 32.7 Å². The molecule has 2 rings (SSSR count). The van der Waals surface area contributed by atoms with Crippen LogP contribution in [0.5, 0.6) is 0 Å². The SMILES string of the molecule is CC(NC(=O)c1cnn(-c2ccc(Cl)cc2)c1C(C)C)C(=O)O. The van der Waals surface area contributed by atoms with Crippen molar-refractivity contribution in [3.63, 3.8) is 0 Å². The summed E-state index contributed by atoms with van der Waals surface area (Å²) in [6.45, 7) is 5.31. The lowest BCUT2D eigenvalue weighted by Crippen LogP contribution is -2.38. The Labute approximate surface area is 139 Å². The van der Waals surface area contributed by atoms with Crippen LogP contribution < -0.4 is 5.32 Å². The second-order valence-corrected chi connectivity index (χ2v) is 5.96. The van der Waals surface area contributed by atoms with Gasteiger partial charge in [0.1, 0.15) is 6.04 Å². The first kappa shape index (κ1) is 17.0. The average molecular weight is 336 g/mol. The summed E-state index contributed by atoms with van der Waals surface area (Å²) >= 11 is 5.89. The number of carboxylic acids is 1. The van der Waals surface area contributed by atoms with Crippen LogP contribution >= 0.6 is 11.6 Å². The maximum atomic E-state index is 12.3. The number of halogens is 1. The van der Waals surface area contributed by atoms with Crippen LogP contribution in [0, 0.1) is 0 Å². The largest absolute Gasteiger partial charge is 0.480 e. The molecule has 1 unspecified atom stereocenters. The van der Waals surface area contributed by atoms with E-state index in [9.17, 15) is 9.59 Å². The lowest BCUT2D eigenvalue weighted by atomic mass is 10.0. The first-order valence-electron chi connectivity index (χ1n) is 7.18. The summed E-state index contributed by atoms with van der Waals surface area (Å²) in [6, 6.07) is 6.14. The minimum Gasteiger partial charge on any atom is -0.480 e. The summed E-state index contributed by atoms with van der Waals surface area (Å²) in [4.78, 5) is 23.2. The molecule has 1 amide bonds. The maximum absolute atomic E-state index is 12.3. The van der Waals surface area contributed by atoms with E-state index in [1.54, 1.807) is 16.8 Å². The third-order valence-electron chi connectivity index (χ3n) is 3.39. The smallest absolute Gasteiger partial charge is 0.325 e. The van der Waals surface area contributed by atoms with E-state index in [2.05, 4.69) is 10.4 Å². The monoisotopic (exact) mass is 335 g/mol. The Morgan fingerprint density at radius 2 is 1.83 bits per heavy atom. The molecule has 23 heavy (non-hydrogen) atoms. The number of carbonyl (C=O) groups is 2. The number of rotatable bonds is 5. The van der Waals surface area contributed by atoms with E-state index in [1.165, 1.54) is 13.1 Å². The minimum absolute atomic E-state index is 0.0223. The Hall–Kier alpha value is -2.34. The average Bonchev–Trinajstić information content (AvgIpc) is 2.92. The molecule has 0 aliphatic heterocycles.